The van der Waals surface area contributed by atoms with Crippen molar-refractivity contribution in [2.75, 3.05) is 13.2 Å². The Morgan fingerprint density at radius 3 is 1.76 bits per heavy atom. The van der Waals surface area contributed by atoms with E-state index in [1.807, 2.05) is 19.1 Å². The van der Waals surface area contributed by atoms with Crippen LogP contribution in [-0.4, -0.2) is 13.2 Å². The average Bonchev–Trinajstić information content (AvgIpc) is 2.86. The molecule has 0 N–H and O–H groups in total. The standard InChI is InChI=1S/C29H37F3O2/c1-3-19-5-9-21(10-6-19)24-14-15-25(29(32)28(24)31)22-11-7-20(8-12-22)18-34-27-16-13-23(33-4-2)17-26(27)30/h13-17,19-22H,3-12,18H2,1-2H3. The second-order valence-corrected chi connectivity index (χ2v) is 10.1. The minimum atomic E-state index is -0.647. The van der Waals surface area contributed by atoms with Gasteiger partial charge in [0.05, 0.1) is 13.2 Å². The number of benzene rings is 2. The molecule has 5 heteroatoms. The van der Waals surface area contributed by atoms with Crippen LogP contribution in [0.5, 0.6) is 11.5 Å². The smallest absolute Gasteiger partial charge is 0.168 e. The topological polar surface area (TPSA) is 18.5 Å². The summed E-state index contributed by atoms with van der Waals surface area (Å²) in [6, 6.07) is 8.31. The number of rotatable bonds is 8. The van der Waals surface area contributed by atoms with Gasteiger partial charge in [0.15, 0.2) is 23.2 Å². The Morgan fingerprint density at radius 2 is 1.26 bits per heavy atom. The quantitative estimate of drug-likeness (QED) is 0.382. The monoisotopic (exact) mass is 474 g/mol. The Bertz CT molecular complexity index is 945. The van der Waals surface area contributed by atoms with Gasteiger partial charge in [0.1, 0.15) is 5.75 Å². The Hall–Kier alpha value is -2.17. The highest BCUT2D eigenvalue weighted by Crippen LogP contribution is 2.42. The van der Waals surface area contributed by atoms with Crippen molar-refractivity contribution in [2.45, 2.75) is 83.5 Å². The van der Waals surface area contributed by atoms with Crippen LogP contribution in [0.1, 0.15) is 94.6 Å². The molecule has 4 rings (SSSR count). The van der Waals surface area contributed by atoms with Crippen LogP contribution in [-0.2, 0) is 0 Å². The third-order valence-electron chi connectivity index (χ3n) is 7.98. The largest absolute Gasteiger partial charge is 0.494 e. The van der Waals surface area contributed by atoms with Gasteiger partial charge >= 0.3 is 0 Å². The molecule has 0 heterocycles. The second kappa shape index (κ2) is 11.5. The Kier molecular flexibility index (Phi) is 8.44. The van der Waals surface area contributed by atoms with Gasteiger partial charge in [-0.05, 0) is 105 Å². The van der Waals surface area contributed by atoms with Gasteiger partial charge in [-0.15, -0.1) is 0 Å². The first kappa shape index (κ1) is 24.9. The van der Waals surface area contributed by atoms with E-state index in [1.54, 1.807) is 12.1 Å². The molecule has 0 spiro atoms. The highest BCUT2D eigenvalue weighted by atomic mass is 19.2. The summed E-state index contributed by atoms with van der Waals surface area (Å²) in [5.74, 6) is 0.182. The fraction of sp³-hybridized carbons (Fsp3) is 0.586. The van der Waals surface area contributed by atoms with E-state index in [9.17, 15) is 4.39 Å². The maximum Gasteiger partial charge on any atom is 0.168 e. The van der Waals surface area contributed by atoms with Crippen molar-refractivity contribution >= 4 is 0 Å². The van der Waals surface area contributed by atoms with Crippen LogP contribution < -0.4 is 9.47 Å². The van der Waals surface area contributed by atoms with Gasteiger partial charge in [-0.1, -0.05) is 25.5 Å². The van der Waals surface area contributed by atoms with Crippen LogP contribution in [0.25, 0.3) is 0 Å². The molecule has 186 valence electrons. The molecule has 2 aliphatic rings. The summed E-state index contributed by atoms with van der Waals surface area (Å²) in [7, 11) is 0. The first-order valence-corrected chi connectivity index (χ1v) is 13.0. The van der Waals surface area contributed by atoms with Gasteiger partial charge in [0.25, 0.3) is 0 Å². The maximum absolute atomic E-state index is 15.1. The van der Waals surface area contributed by atoms with Crippen LogP contribution in [0.2, 0.25) is 0 Å². The lowest BCUT2D eigenvalue weighted by atomic mass is 9.76. The summed E-state index contributed by atoms with van der Waals surface area (Å²) in [6.07, 6.45) is 8.58. The first-order chi connectivity index (χ1) is 16.5. The molecule has 0 saturated heterocycles. The van der Waals surface area contributed by atoms with Crippen molar-refractivity contribution in [1.82, 2.24) is 0 Å². The Morgan fingerprint density at radius 1 is 0.706 bits per heavy atom. The lowest BCUT2D eigenvalue weighted by Gasteiger charge is -2.31. The first-order valence-electron chi connectivity index (χ1n) is 13.0. The summed E-state index contributed by atoms with van der Waals surface area (Å²) in [4.78, 5) is 0. The van der Waals surface area contributed by atoms with Crippen molar-refractivity contribution in [2.24, 2.45) is 11.8 Å². The SMILES string of the molecule is CCOc1ccc(OCC2CCC(c3ccc(C4CCC(CC)CC4)c(F)c3F)CC2)c(F)c1. The van der Waals surface area contributed by atoms with E-state index in [0.717, 1.165) is 57.3 Å². The van der Waals surface area contributed by atoms with Gasteiger partial charge in [-0.3, -0.25) is 0 Å². The number of halogens is 3. The van der Waals surface area contributed by atoms with E-state index in [0.29, 0.717) is 30.1 Å². The van der Waals surface area contributed by atoms with Crippen LogP contribution in [0.15, 0.2) is 30.3 Å². The molecule has 0 bridgehead atoms. The minimum Gasteiger partial charge on any atom is -0.494 e. The summed E-state index contributed by atoms with van der Waals surface area (Å²) < 4.78 is 55.4. The molecule has 0 aromatic heterocycles. The van der Waals surface area contributed by atoms with E-state index in [4.69, 9.17) is 9.47 Å². The summed E-state index contributed by atoms with van der Waals surface area (Å²) in [6.45, 7) is 4.97. The van der Waals surface area contributed by atoms with Gasteiger partial charge in [0, 0.05) is 6.07 Å². The minimum absolute atomic E-state index is 0.0258. The molecule has 0 atom stereocenters. The van der Waals surface area contributed by atoms with Crippen molar-refractivity contribution < 1.29 is 22.6 Å². The molecule has 0 unspecified atom stereocenters. The number of hydrogen-bond acceptors (Lipinski definition) is 2. The number of hydrogen-bond donors (Lipinski definition) is 0. The molecular formula is C29H37F3O2. The van der Waals surface area contributed by atoms with Crippen LogP contribution in [0.3, 0.4) is 0 Å². The Labute approximate surface area is 201 Å². The van der Waals surface area contributed by atoms with Crippen molar-refractivity contribution in [3.8, 4) is 11.5 Å². The van der Waals surface area contributed by atoms with E-state index < -0.39 is 17.5 Å². The predicted molar refractivity (Wildman–Crippen MR) is 129 cm³/mol. The van der Waals surface area contributed by atoms with Gasteiger partial charge in [-0.25, -0.2) is 13.2 Å². The van der Waals surface area contributed by atoms with Crippen molar-refractivity contribution in [3.63, 3.8) is 0 Å². The van der Waals surface area contributed by atoms with E-state index >= 15 is 8.78 Å². The van der Waals surface area contributed by atoms with Crippen LogP contribution in [0.4, 0.5) is 13.2 Å². The molecular weight excluding hydrogens is 437 g/mol. The van der Waals surface area contributed by atoms with Crippen LogP contribution in [0, 0.1) is 29.3 Å². The average molecular weight is 475 g/mol. The Balaban J connectivity index is 1.31. The zero-order valence-electron chi connectivity index (χ0n) is 20.4. The summed E-state index contributed by atoms with van der Waals surface area (Å²) in [5, 5.41) is 0. The highest BCUT2D eigenvalue weighted by molar-refractivity contribution is 5.33. The molecule has 2 saturated carbocycles. The number of ether oxygens (including phenoxy) is 2. The fourth-order valence-corrected chi connectivity index (χ4v) is 5.79. The lowest BCUT2D eigenvalue weighted by Crippen LogP contribution is -2.21. The molecule has 0 radical (unpaired) electrons. The molecule has 0 amide bonds. The molecule has 2 aromatic rings. The van der Waals surface area contributed by atoms with E-state index in [1.165, 1.54) is 12.5 Å². The normalized spacial score (nSPS) is 25.2. The summed E-state index contributed by atoms with van der Waals surface area (Å²) >= 11 is 0. The predicted octanol–water partition coefficient (Wildman–Crippen LogP) is 8.54. The zero-order valence-corrected chi connectivity index (χ0v) is 20.4. The molecule has 2 fully saturated rings. The summed E-state index contributed by atoms with van der Waals surface area (Å²) in [5.41, 5.74) is 1.08. The molecule has 2 aromatic carbocycles. The highest BCUT2D eigenvalue weighted by Gasteiger charge is 2.29. The second-order valence-electron chi connectivity index (χ2n) is 10.1. The zero-order chi connectivity index (χ0) is 24.1. The molecule has 2 nitrogen and oxygen atoms in total. The van der Waals surface area contributed by atoms with Crippen molar-refractivity contribution in [3.05, 3.63) is 58.9 Å². The molecule has 0 aliphatic heterocycles. The fourth-order valence-electron chi connectivity index (χ4n) is 5.79. The third-order valence-corrected chi connectivity index (χ3v) is 7.98. The van der Waals surface area contributed by atoms with E-state index in [2.05, 4.69) is 6.92 Å². The van der Waals surface area contributed by atoms with E-state index in [-0.39, 0.29) is 23.5 Å². The molecule has 2 aliphatic carbocycles. The molecule has 34 heavy (non-hydrogen) atoms. The lowest BCUT2D eigenvalue weighted by molar-refractivity contribution is 0.193. The maximum atomic E-state index is 15.1. The van der Waals surface area contributed by atoms with Gasteiger partial charge in [-0.2, -0.15) is 0 Å². The van der Waals surface area contributed by atoms with Crippen LogP contribution >= 0.6 is 0 Å². The third kappa shape index (κ3) is 5.72. The van der Waals surface area contributed by atoms with Crippen molar-refractivity contribution in [1.29, 1.82) is 0 Å². The van der Waals surface area contributed by atoms with Gasteiger partial charge < -0.3 is 9.47 Å². The van der Waals surface area contributed by atoms with Gasteiger partial charge in [0.2, 0.25) is 0 Å².